The van der Waals surface area contributed by atoms with Gasteiger partial charge in [-0.3, -0.25) is 0 Å². The number of alkyl halides is 1. The van der Waals surface area contributed by atoms with Crippen LogP contribution in [-0.4, -0.2) is 14.8 Å². The number of hydrogen-bond acceptors (Lipinski definition) is 2. The lowest BCUT2D eigenvalue weighted by molar-refractivity contribution is 0.531. The van der Waals surface area contributed by atoms with Gasteiger partial charge in [0.15, 0.2) is 0 Å². The summed E-state index contributed by atoms with van der Waals surface area (Å²) in [5, 5.41) is 7.79. The van der Waals surface area contributed by atoms with Gasteiger partial charge in [0.05, 0.1) is 5.88 Å². The quantitative estimate of drug-likeness (QED) is 0.660. The van der Waals surface area contributed by atoms with E-state index in [1.807, 2.05) is 0 Å². The molecule has 2 rings (SSSR count). The maximum atomic E-state index is 5.72. The van der Waals surface area contributed by atoms with Crippen molar-refractivity contribution >= 4 is 11.6 Å². The van der Waals surface area contributed by atoms with Crippen LogP contribution in [0.2, 0.25) is 0 Å². The molecule has 1 unspecified atom stereocenters. The van der Waals surface area contributed by atoms with E-state index in [1.54, 1.807) is 6.33 Å². The number of aromatic nitrogens is 3. The highest BCUT2D eigenvalue weighted by atomic mass is 35.5. The van der Waals surface area contributed by atoms with Crippen molar-refractivity contribution in [1.82, 2.24) is 14.8 Å². The first-order valence-electron chi connectivity index (χ1n) is 4.09. The highest BCUT2D eigenvalue weighted by Gasteiger charge is 2.47. The molecule has 3 nitrogen and oxygen atoms in total. The van der Waals surface area contributed by atoms with E-state index < -0.39 is 0 Å². The molecular weight excluding hydrogens is 174 g/mol. The van der Waals surface area contributed by atoms with E-state index in [9.17, 15) is 0 Å². The minimum atomic E-state index is 0.406. The van der Waals surface area contributed by atoms with Gasteiger partial charge in [-0.25, -0.2) is 0 Å². The Kier molecular flexibility index (Phi) is 1.65. The highest BCUT2D eigenvalue weighted by Crippen LogP contribution is 2.55. The molecule has 1 aromatic rings. The van der Waals surface area contributed by atoms with Crippen LogP contribution in [0.4, 0.5) is 0 Å². The Bertz CT molecular complexity index is 292. The summed E-state index contributed by atoms with van der Waals surface area (Å²) in [5.74, 6) is 1.33. The average molecular weight is 186 g/mol. The van der Waals surface area contributed by atoms with Gasteiger partial charge < -0.3 is 4.57 Å². The molecule has 0 spiro atoms. The molecule has 1 saturated carbocycles. The standard InChI is InChI=1S/C8H12ClN3/c1-8(2)3-6(8)12-5-10-11-7(12)4-9/h5-6H,3-4H2,1-2H3. The molecule has 1 aromatic heterocycles. The van der Waals surface area contributed by atoms with E-state index in [4.69, 9.17) is 11.6 Å². The van der Waals surface area contributed by atoms with Crippen LogP contribution in [0.25, 0.3) is 0 Å². The van der Waals surface area contributed by atoms with Crippen molar-refractivity contribution in [1.29, 1.82) is 0 Å². The van der Waals surface area contributed by atoms with Crippen LogP contribution in [0.1, 0.15) is 32.1 Å². The Morgan fingerprint density at radius 3 is 2.92 bits per heavy atom. The number of nitrogens with zero attached hydrogens (tertiary/aromatic N) is 3. The molecule has 0 aromatic carbocycles. The fourth-order valence-electron chi connectivity index (χ4n) is 1.54. The normalized spacial score (nSPS) is 25.8. The third kappa shape index (κ3) is 1.12. The second-order valence-corrected chi connectivity index (χ2v) is 4.26. The van der Waals surface area contributed by atoms with Crippen molar-refractivity contribution < 1.29 is 0 Å². The fourth-order valence-corrected chi connectivity index (χ4v) is 1.73. The maximum Gasteiger partial charge on any atom is 0.148 e. The number of rotatable bonds is 2. The third-order valence-electron chi connectivity index (χ3n) is 2.56. The van der Waals surface area contributed by atoms with Crippen LogP contribution in [0.3, 0.4) is 0 Å². The van der Waals surface area contributed by atoms with Gasteiger partial charge in [0, 0.05) is 6.04 Å². The van der Waals surface area contributed by atoms with Crippen molar-refractivity contribution in [2.75, 3.05) is 0 Å². The summed E-state index contributed by atoms with van der Waals surface area (Å²) in [6.45, 7) is 4.49. The van der Waals surface area contributed by atoms with Crippen LogP contribution >= 0.6 is 11.6 Å². The molecule has 0 aliphatic heterocycles. The van der Waals surface area contributed by atoms with Gasteiger partial charge in [-0.2, -0.15) is 0 Å². The second-order valence-electron chi connectivity index (χ2n) is 4.00. The summed E-state index contributed by atoms with van der Waals surface area (Å²) in [4.78, 5) is 0. The van der Waals surface area contributed by atoms with Gasteiger partial charge in [0.2, 0.25) is 0 Å². The number of hydrogen-bond donors (Lipinski definition) is 0. The molecule has 1 aliphatic rings. The molecule has 1 fully saturated rings. The van der Waals surface area contributed by atoms with Gasteiger partial charge in [-0.05, 0) is 11.8 Å². The van der Waals surface area contributed by atoms with E-state index in [2.05, 4.69) is 28.6 Å². The molecule has 0 bridgehead atoms. The van der Waals surface area contributed by atoms with Crippen LogP contribution in [-0.2, 0) is 5.88 Å². The van der Waals surface area contributed by atoms with Crippen molar-refractivity contribution in [3.05, 3.63) is 12.2 Å². The third-order valence-corrected chi connectivity index (χ3v) is 2.80. The van der Waals surface area contributed by atoms with E-state index in [0.29, 0.717) is 17.3 Å². The van der Waals surface area contributed by atoms with E-state index in [-0.39, 0.29) is 0 Å². The summed E-state index contributed by atoms with van der Waals surface area (Å²) < 4.78 is 2.09. The molecule has 1 atom stereocenters. The lowest BCUT2D eigenvalue weighted by atomic mass is 10.2. The van der Waals surface area contributed by atoms with Crippen molar-refractivity contribution in [2.24, 2.45) is 5.41 Å². The van der Waals surface area contributed by atoms with E-state index >= 15 is 0 Å². The molecule has 0 N–H and O–H groups in total. The Balaban J connectivity index is 2.24. The molecule has 1 aliphatic carbocycles. The van der Waals surface area contributed by atoms with Gasteiger partial charge in [-0.15, -0.1) is 21.8 Å². The van der Waals surface area contributed by atoms with Gasteiger partial charge >= 0.3 is 0 Å². The largest absolute Gasteiger partial charge is 0.313 e. The zero-order valence-electron chi connectivity index (χ0n) is 7.29. The minimum Gasteiger partial charge on any atom is -0.313 e. The first kappa shape index (κ1) is 8.05. The monoisotopic (exact) mass is 185 g/mol. The maximum absolute atomic E-state index is 5.72. The summed E-state index contributed by atoms with van der Waals surface area (Å²) in [7, 11) is 0. The van der Waals surface area contributed by atoms with Crippen molar-refractivity contribution in [3.8, 4) is 0 Å². The van der Waals surface area contributed by atoms with Gasteiger partial charge in [-0.1, -0.05) is 13.8 Å². The lowest BCUT2D eigenvalue weighted by Crippen LogP contribution is -2.02. The topological polar surface area (TPSA) is 30.7 Å². The molecule has 0 amide bonds. The average Bonchev–Trinajstić information content (AvgIpc) is 2.51. The predicted molar refractivity (Wildman–Crippen MR) is 47.0 cm³/mol. The first-order valence-corrected chi connectivity index (χ1v) is 4.63. The summed E-state index contributed by atoms with van der Waals surface area (Å²) in [5.41, 5.74) is 0.406. The van der Waals surface area contributed by atoms with Crippen LogP contribution in [0.15, 0.2) is 6.33 Å². The molecule has 1 heterocycles. The Hall–Kier alpha value is -0.570. The zero-order valence-corrected chi connectivity index (χ0v) is 8.04. The number of halogens is 1. The fraction of sp³-hybridized carbons (Fsp3) is 0.750. The smallest absolute Gasteiger partial charge is 0.148 e. The SMILES string of the molecule is CC1(C)CC1n1cnnc1CCl. The van der Waals surface area contributed by atoms with Crippen LogP contribution < -0.4 is 0 Å². The molecule has 0 saturated heterocycles. The predicted octanol–water partition coefficient (Wildman–Crippen LogP) is 1.99. The van der Waals surface area contributed by atoms with Gasteiger partial charge in [0.25, 0.3) is 0 Å². The van der Waals surface area contributed by atoms with E-state index in [1.165, 1.54) is 6.42 Å². The molecular formula is C8H12ClN3. The van der Waals surface area contributed by atoms with E-state index in [0.717, 1.165) is 5.82 Å². The summed E-state index contributed by atoms with van der Waals surface area (Å²) in [6, 6.07) is 0.557. The molecule has 66 valence electrons. The molecule has 4 heteroatoms. The minimum absolute atomic E-state index is 0.406. The Morgan fingerprint density at radius 1 is 1.75 bits per heavy atom. The van der Waals surface area contributed by atoms with Gasteiger partial charge in [0.1, 0.15) is 12.2 Å². The highest BCUT2D eigenvalue weighted by molar-refractivity contribution is 6.16. The summed E-state index contributed by atoms with van der Waals surface area (Å²) >= 11 is 5.72. The molecule has 12 heavy (non-hydrogen) atoms. The summed E-state index contributed by atoms with van der Waals surface area (Å²) in [6.07, 6.45) is 2.98. The van der Waals surface area contributed by atoms with Crippen molar-refractivity contribution in [3.63, 3.8) is 0 Å². The lowest BCUT2D eigenvalue weighted by Gasteiger charge is -2.05. The van der Waals surface area contributed by atoms with Crippen LogP contribution in [0, 0.1) is 5.41 Å². The molecule has 0 radical (unpaired) electrons. The second kappa shape index (κ2) is 2.46. The Morgan fingerprint density at radius 2 is 2.42 bits per heavy atom. The van der Waals surface area contributed by atoms with Crippen LogP contribution in [0.5, 0.6) is 0 Å². The Labute approximate surface area is 76.7 Å². The zero-order chi connectivity index (χ0) is 8.77. The first-order chi connectivity index (χ1) is 5.65. The van der Waals surface area contributed by atoms with Crippen molar-refractivity contribution in [2.45, 2.75) is 32.2 Å².